The number of hydrogen-bond donors (Lipinski definition) is 1. The number of carbonyl (C=O) groups is 1. The second-order valence-electron chi connectivity index (χ2n) is 3.44. The van der Waals surface area contributed by atoms with Crippen molar-refractivity contribution in [1.29, 1.82) is 0 Å². The monoisotopic (exact) mass is 235 g/mol. The highest BCUT2D eigenvalue weighted by Crippen LogP contribution is 2.33. The maximum Gasteiger partial charge on any atom is 0.167 e. The van der Waals surface area contributed by atoms with Crippen molar-refractivity contribution < 1.29 is 9.53 Å². The summed E-state index contributed by atoms with van der Waals surface area (Å²) < 4.78 is 6.46. The number of ketones is 1. The van der Waals surface area contributed by atoms with Crippen LogP contribution >= 0.6 is 11.3 Å². The Morgan fingerprint density at radius 1 is 1.44 bits per heavy atom. The van der Waals surface area contributed by atoms with Crippen LogP contribution in [-0.4, -0.2) is 19.4 Å². The first-order chi connectivity index (χ1) is 7.77. The standard InChI is InChI=1S/C12H13NO2S/c1-15-12-8(10(14)4-6-13)2-3-11-9(12)5-7-16-11/h2-3,5,7H,4,6,13H2,1H3. The van der Waals surface area contributed by atoms with Crippen molar-refractivity contribution in [2.45, 2.75) is 6.42 Å². The third kappa shape index (κ3) is 1.81. The van der Waals surface area contributed by atoms with Crippen molar-refractivity contribution in [1.82, 2.24) is 0 Å². The Morgan fingerprint density at radius 2 is 2.25 bits per heavy atom. The summed E-state index contributed by atoms with van der Waals surface area (Å²) in [6.07, 6.45) is 0.353. The summed E-state index contributed by atoms with van der Waals surface area (Å²) >= 11 is 1.63. The highest BCUT2D eigenvalue weighted by Gasteiger charge is 2.14. The Kier molecular flexibility index (Phi) is 3.22. The summed E-state index contributed by atoms with van der Waals surface area (Å²) in [6.45, 7) is 0.365. The number of ether oxygens (including phenoxy) is 1. The molecule has 16 heavy (non-hydrogen) atoms. The van der Waals surface area contributed by atoms with Crippen LogP contribution in [0.25, 0.3) is 10.1 Å². The van der Waals surface area contributed by atoms with E-state index in [4.69, 9.17) is 10.5 Å². The molecule has 0 amide bonds. The first-order valence-corrected chi connectivity index (χ1v) is 5.93. The molecule has 2 rings (SSSR count). The minimum atomic E-state index is 0.0347. The number of nitrogens with two attached hydrogens (primary N) is 1. The molecule has 84 valence electrons. The van der Waals surface area contributed by atoms with Gasteiger partial charge in [-0.05, 0) is 30.1 Å². The molecule has 0 unspecified atom stereocenters. The molecule has 0 spiro atoms. The Balaban J connectivity index is 2.56. The van der Waals surface area contributed by atoms with Crippen molar-refractivity contribution in [2.24, 2.45) is 5.73 Å². The van der Waals surface area contributed by atoms with Crippen molar-refractivity contribution in [3.63, 3.8) is 0 Å². The smallest absolute Gasteiger partial charge is 0.167 e. The fourth-order valence-corrected chi connectivity index (χ4v) is 2.51. The Bertz CT molecular complexity index is 519. The zero-order valence-corrected chi connectivity index (χ0v) is 9.84. The molecule has 1 aromatic heterocycles. The van der Waals surface area contributed by atoms with Crippen molar-refractivity contribution in [3.05, 3.63) is 29.1 Å². The van der Waals surface area contributed by atoms with E-state index in [-0.39, 0.29) is 5.78 Å². The van der Waals surface area contributed by atoms with E-state index in [1.54, 1.807) is 18.4 Å². The molecule has 2 aromatic rings. The molecule has 0 atom stereocenters. The van der Waals surface area contributed by atoms with Gasteiger partial charge in [-0.15, -0.1) is 11.3 Å². The zero-order valence-electron chi connectivity index (χ0n) is 9.03. The number of thiophene rings is 1. The molecule has 0 aliphatic heterocycles. The van der Waals surface area contributed by atoms with E-state index in [1.165, 1.54) is 0 Å². The van der Waals surface area contributed by atoms with E-state index in [9.17, 15) is 4.79 Å². The quantitative estimate of drug-likeness (QED) is 0.828. The molecule has 2 N–H and O–H groups in total. The SMILES string of the molecule is COc1c(C(=O)CCN)ccc2sccc12. The van der Waals surface area contributed by atoms with Gasteiger partial charge in [0.25, 0.3) is 0 Å². The normalized spacial score (nSPS) is 10.6. The van der Waals surface area contributed by atoms with Crippen molar-refractivity contribution in [3.8, 4) is 5.75 Å². The summed E-state index contributed by atoms with van der Waals surface area (Å²) in [6, 6.07) is 5.74. The van der Waals surface area contributed by atoms with Crippen LogP contribution in [0.5, 0.6) is 5.75 Å². The largest absolute Gasteiger partial charge is 0.495 e. The second kappa shape index (κ2) is 4.63. The van der Waals surface area contributed by atoms with Crippen LogP contribution in [0.2, 0.25) is 0 Å². The van der Waals surface area contributed by atoms with Crippen LogP contribution in [0.15, 0.2) is 23.6 Å². The van der Waals surface area contributed by atoms with E-state index < -0.39 is 0 Å². The lowest BCUT2D eigenvalue weighted by molar-refractivity contribution is 0.0983. The van der Waals surface area contributed by atoms with Gasteiger partial charge < -0.3 is 10.5 Å². The fraction of sp³-hybridized carbons (Fsp3) is 0.250. The van der Waals surface area contributed by atoms with Gasteiger partial charge in [0.05, 0.1) is 12.7 Å². The highest BCUT2D eigenvalue weighted by atomic mass is 32.1. The molecule has 0 aliphatic carbocycles. The van der Waals surface area contributed by atoms with Gasteiger partial charge >= 0.3 is 0 Å². The Labute approximate surface area is 97.8 Å². The van der Waals surface area contributed by atoms with Crippen LogP contribution < -0.4 is 10.5 Å². The number of benzene rings is 1. The van der Waals surface area contributed by atoms with Crippen LogP contribution in [-0.2, 0) is 0 Å². The average Bonchev–Trinajstić information content (AvgIpc) is 2.75. The number of rotatable bonds is 4. The first kappa shape index (κ1) is 11.1. The van der Waals surface area contributed by atoms with Gasteiger partial charge in [0.1, 0.15) is 5.75 Å². The van der Waals surface area contributed by atoms with E-state index in [0.717, 1.165) is 10.1 Å². The van der Waals surface area contributed by atoms with Crippen LogP contribution in [0.3, 0.4) is 0 Å². The lowest BCUT2D eigenvalue weighted by Crippen LogP contribution is -2.09. The molecule has 0 saturated heterocycles. The molecule has 1 aromatic carbocycles. The summed E-state index contributed by atoms with van der Waals surface area (Å²) in [4.78, 5) is 11.8. The van der Waals surface area contributed by atoms with Gasteiger partial charge in [-0.1, -0.05) is 0 Å². The topological polar surface area (TPSA) is 52.3 Å². The molecule has 0 fully saturated rings. The van der Waals surface area contributed by atoms with Crippen LogP contribution in [0.4, 0.5) is 0 Å². The highest BCUT2D eigenvalue weighted by molar-refractivity contribution is 7.17. The van der Waals surface area contributed by atoms with Gasteiger partial charge in [-0.25, -0.2) is 0 Å². The molecular weight excluding hydrogens is 222 g/mol. The Hall–Kier alpha value is -1.39. The number of methoxy groups -OCH3 is 1. The van der Waals surface area contributed by atoms with Crippen LogP contribution in [0, 0.1) is 0 Å². The molecule has 0 bridgehead atoms. The maximum atomic E-state index is 11.8. The molecule has 4 heteroatoms. The predicted octanol–water partition coefficient (Wildman–Crippen LogP) is 2.44. The molecule has 0 aliphatic rings. The zero-order chi connectivity index (χ0) is 11.5. The van der Waals surface area contributed by atoms with Gasteiger partial charge in [0.15, 0.2) is 5.78 Å². The third-order valence-corrected chi connectivity index (χ3v) is 3.34. The number of carbonyl (C=O) groups excluding carboxylic acids is 1. The lowest BCUT2D eigenvalue weighted by atomic mass is 10.0. The molecule has 0 saturated carbocycles. The number of Topliss-reactive ketones (excluding diaryl/α,β-unsaturated/α-hetero) is 1. The van der Waals surface area contributed by atoms with E-state index in [0.29, 0.717) is 24.3 Å². The van der Waals surface area contributed by atoms with Crippen molar-refractivity contribution in [2.75, 3.05) is 13.7 Å². The maximum absolute atomic E-state index is 11.8. The van der Waals surface area contributed by atoms with Gasteiger partial charge in [0.2, 0.25) is 0 Å². The summed E-state index contributed by atoms with van der Waals surface area (Å²) in [5.74, 6) is 0.699. The van der Waals surface area contributed by atoms with E-state index in [1.807, 2.05) is 23.6 Å². The average molecular weight is 235 g/mol. The lowest BCUT2D eigenvalue weighted by Gasteiger charge is -2.08. The fourth-order valence-electron chi connectivity index (χ4n) is 1.72. The predicted molar refractivity (Wildman–Crippen MR) is 66.4 cm³/mol. The first-order valence-electron chi connectivity index (χ1n) is 5.05. The molecular formula is C12H13NO2S. The van der Waals surface area contributed by atoms with Gasteiger partial charge in [-0.3, -0.25) is 4.79 Å². The molecule has 1 heterocycles. The van der Waals surface area contributed by atoms with Crippen molar-refractivity contribution >= 4 is 27.2 Å². The second-order valence-corrected chi connectivity index (χ2v) is 4.39. The van der Waals surface area contributed by atoms with Crippen LogP contribution in [0.1, 0.15) is 16.8 Å². The summed E-state index contributed by atoms with van der Waals surface area (Å²) in [5, 5.41) is 2.99. The van der Waals surface area contributed by atoms with Gasteiger partial charge in [0, 0.05) is 16.5 Å². The Morgan fingerprint density at radius 3 is 2.94 bits per heavy atom. The minimum absolute atomic E-state index is 0.0347. The van der Waals surface area contributed by atoms with E-state index in [2.05, 4.69) is 0 Å². The minimum Gasteiger partial charge on any atom is -0.495 e. The number of fused-ring (bicyclic) bond motifs is 1. The molecule has 0 radical (unpaired) electrons. The van der Waals surface area contributed by atoms with E-state index >= 15 is 0 Å². The summed E-state index contributed by atoms with van der Waals surface area (Å²) in [5.41, 5.74) is 6.02. The third-order valence-electron chi connectivity index (χ3n) is 2.46. The summed E-state index contributed by atoms with van der Waals surface area (Å²) in [7, 11) is 1.59. The molecule has 3 nitrogen and oxygen atoms in total. The number of hydrogen-bond acceptors (Lipinski definition) is 4. The van der Waals surface area contributed by atoms with Gasteiger partial charge in [-0.2, -0.15) is 0 Å².